The highest BCUT2D eigenvalue weighted by atomic mass is 32.2. The van der Waals surface area contributed by atoms with E-state index in [1.165, 1.54) is 29.5 Å². The lowest BCUT2D eigenvalue weighted by molar-refractivity contribution is -0.118. The van der Waals surface area contributed by atoms with Gasteiger partial charge in [0.15, 0.2) is 0 Å². The number of nitrogens with zero attached hydrogens (tertiary/aromatic N) is 2. The van der Waals surface area contributed by atoms with Gasteiger partial charge in [0.05, 0.1) is 27.9 Å². The van der Waals surface area contributed by atoms with Crippen LogP contribution in [0.2, 0.25) is 0 Å². The zero-order valence-corrected chi connectivity index (χ0v) is 18.0. The fourth-order valence-corrected chi connectivity index (χ4v) is 3.96. The van der Waals surface area contributed by atoms with Gasteiger partial charge in [-0.1, -0.05) is 54.1 Å². The summed E-state index contributed by atoms with van der Waals surface area (Å²) in [7, 11) is 0. The zero-order chi connectivity index (χ0) is 21.6. The van der Waals surface area contributed by atoms with Crippen LogP contribution in [0, 0.1) is 12.7 Å². The molecule has 156 valence electrons. The van der Waals surface area contributed by atoms with Crippen LogP contribution < -0.4 is 5.32 Å². The van der Waals surface area contributed by atoms with Crippen LogP contribution in [-0.2, 0) is 11.3 Å². The number of hydrogen-bond acceptors (Lipinski definition) is 4. The first-order valence-electron chi connectivity index (χ1n) is 10.0. The van der Waals surface area contributed by atoms with Crippen molar-refractivity contribution in [3.05, 3.63) is 95.3 Å². The molecule has 3 aromatic carbocycles. The lowest BCUT2D eigenvalue weighted by Gasteiger charge is -2.08. The molecule has 1 amide bonds. The molecule has 0 aliphatic carbocycles. The maximum absolute atomic E-state index is 13.4. The van der Waals surface area contributed by atoms with Gasteiger partial charge in [-0.15, -0.1) is 11.8 Å². The van der Waals surface area contributed by atoms with Crippen LogP contribution in [0.3, 0.4) is 0 Å². The van der Waals surface area contributed by atoms with Crippen LogP contribution in [-0.4, -0.2) is 22.4 Å². The summed E-state index contributed by atoms with van der Waals surface area (Å²) in [5.41, 5.74) is 5.43. The van der Waals surface area contributed by atoms with E-state index in [4.69, 9.17) is 9.98 Å². The lowest BCUT2D eigenvalue weighted by atomic mass is 10.1. The average Bonchev–Trinajstić information content (AvgIpc) is 2.97. The number of amides is 1. The molecule has 0 saturated heterocycles. The van der Waals surface area contributed by atoms with E-state index in [-0.39, 0.29) is 17.5 Å². The van der Waals surface area contributed by atoms with Gasteiger partial charge < -0.3 is 5.32 Å². The number of halogens is 1. The third kappa shape index (κ3) is 5.67. The number of benzene rings is 3. The second kappa shape index (κ2) is 9.71. The van der Waals surface area contributed by atoms with Gasteiger partial charge in [0, 0.05) is 13.0 Å². The predicted molar refractivity (Wildman–Crippen MR) is 126 cm³/mol. The number of aryl methyl sites for hydroxylation is 1. The topological polar surface area (TPSA) is 53.8 Å². The lowest BCUT2D eigenvalue weighted by Crippen LogP contribution is -2.25. The number of rotatable bonds is 5. The minimum Gasteiger partial charge on any atom is -0.351 e. The van der Waals surface area contributed by atoms with Gasteiger partial charge in [0.1, 0.15) is 5.82 Å². The van der Waals surface area contributed by atoms with Gasteiger partial charge in [-0.3, -0.25) is 9.79 Å². The highest BCUT2D eigenvalue weighted by Gasteiger charge is 2.16. The van der Waals surface area contributed by atoms with E-state index >= 15 is 0 Å². The summed E-state index contributed by atoms with van der Waals surface area (Å²) >= 11 is 1.40. The molecule has 4 rings (SSSR count). The fourth-order valence-electron chi connectivity index (χ4n) is 3.15. The monoisotopic (exact) mass is 431 g/mol. The first-order chi connectivity index (χ1) is 15.1. The van der Waals surface area contributed by atoms with Crippen LogP contribution in [0.1, 0.15) is 23.1 Å². The summed E-state index contributed by atoms with van der Waals surface area (Å²) < 4.78 is 13.4. The number of nitrogens with one attached hydrogen (secondary N) is 1. The van der Waals surface area contributed by atoms with E-state index in [1.54, 1.807) is 12.1 Å². The second-order valence-corrected chi connectivity index (χ2v) is 8.34. The van der Waals surface area contributed by atoms with Crippen LogP contribution >= 0.6 is 11.8 Å². The van der Waals surface area contributed by atoms with Gasteiger partial charge in [0.2, 0.25) is 5.91 Å². The van der Waals surface area contributed by atoms with Gasteiger partial charge in [-0.25, -0.2) is 9.38 Å². The molecule has 31 heavy (non-hydrogen) atoms. The predicted octanol–water partition coefficient (Wildman–Crippen LogP) is 5.74. The van der Waals surface area contributed by atoms with Crippen molar-refractivity contribution in [2.45, 2.75) is 19.9 Å². The molecule has 3 aromatic rings. The van der Waals surface area contributed by atoms with Crippen LogP contribution in [0.25, 0.3) is 0 Å². The van der Waals surface area contributed by atoms with Crippen molar-refractivity contribution in [3.8, 4) is 0 Å². The third-order valence-corrected chi connectivity index (χ3v) is 5.83. The number of thioether (sulfide) groups is 1. The number of hydrogen-bond donors (Lipinski definition) is 1. The van der Waals surface area contributed by atoms with E-state index in [1.807, 2.05) is 55.5 Å². The van der Waals surface area contributed by atoms with Gasteiger partial charge in [-0.2, -0.15) is 0 Å². The minimum absolute atomic E-state index is 0.0499. The molecular weight excluding hydrogens is 409 g/mol. The van der Waals surface area contributed by atoms with Crippen LogP contribution in [0.5, 0.6) is 0 Å². The van der Waals surface area contributed by atoms with E-state index in [2.05, 4.69) is 5.32 Å². The third-order valence-electron chi connectivity index (χ3n) is 4.86. The summed E-state index contributed by atoms with van der Waals surface area (Å²) in [6.07, 6.45) is 0.482. The van der Waals surface area contributed by atoms with E-state index in [0.717, 1.165) is 33.3 Å². The Morgan fingerprint density at radius 2 is 1.65 bits per heavy atom. The van der Waals surface area contributed by atoms with Crippen molar-refractivity contribution in [2.75, 3.05) is 5.75 Å². The maximum Gasteiger partial charge on any atom is 0.230 e. The molecule has 0 radical (unpaired) electrons. The van der Waals surface area contributed by atoms with Gasteiger partial charge in [0.25, 0.3) is 0 Å². The molecule has 0 aromatic heterocycles. The molecule has 1 heterocycles. The summed E-state index contributed by atoms with van der Waals surface area (Å²) in [5, 5.41) is 3.76. The Bertz CT molecular complexity index is 1140. The zero-order valence-electron chi connectivity index (χ0n) is 17.1. The summed E-state index contributed by atoms with van der Waals surface area (Å²) in [4.78, 5) is 21.9. The Balaban J connectivity index is 1.45. The number of carbonyl (C=O) groups is 1. The minimum atomic E-state index is -0.285. The summed E-state index contributed by atoms with van der Waals surface area (Å²) in [5.74, 6) is -0.0678. The Morgan fingerprint density at radius 1 is 0.968 bits per heavy atom. The quantitative estimate of drug-likeness (QED) is 0.560. The van der Waals surface area contributed by atoms with Gasteiger partial charge >= 0.3 is 0 Å². The number of fused-ring (bicyclic) bond motifs is 1. The standard InChI is InChI=1S/C25H22FN3OS/c1-17-6-8-18(9-7-17)15-27-24(30)16-31-25-14-23(19-10-12-20(26)13-11-19)28-21-4-2-3-5-22(21)29-25/h2-13H,14-16H2,1H3,(H,27,30). The molecule has 0 atom stereocenters. The smallest absolute Gasteiger partial charge is 0.230 e. The molecule has 0 fully saturated rings. The molecule has 0 saturated carbocycles. The second-order valence-electron chi connectivity index (χ2n) is 7.29. The van der Waals surface area contributed by atoms with E-state index in [9.17, 15) is 9.18 Å². The first-order valence-corrected chi connectivity index (χ1v) is 11.0. The molecule has 0 bridgehead atoms. The van der Waals surface area contributed by atoms with Crippen molar-refractivity contribution in [3.63, 3.8) is 0 Å². The van der Waals surface area contributed by atoms with Crippen molar-refractivity contribution >= 4 is 39.8 Å². The molecular formula is C25H22FN3OS. The average molecular weight is 432 g/mol. The molecule has 4 nitrogen and oxygen atoms in total. The first kappa shape index (κ1) is 21.0. The molecule has 1 aliphatic heterocycles. The van der Waals surface area contributed by atoms with Crippen molar-refractivity contribution in [2.24, 2.45) is 9.98 Å². The van der Waals surface area contributed by atoms with Crippen LogP contribution in [0.4, 0.5) is 15.8 Å². The molecule has 0 spiro atoms. The summed E-state index contributed by atoms with van der Waals surface area (Å²) in [6.45, 7) is 2.53. The normalized spacial score (nSPS) is 13.0. The van der Waals surface area contributed by atoms with Crippen molar-refractivity contribution in [1.82, 2.24) is 5.32 Å². The SMILES string of the molecule is Cc1ccc(CNC(=O)CSC2=Nc3ccccc3N=C(c3ccc(F)cc3)C2)cc1. The largest absolute Gasteiger partial charge is 0.351 e. The van der Waals surface area contributed by atoms with E-state index < -0.39 is 0 Å². The Labute approximate surface area is 185 Å². The Kier molecular flexibility index (Phi) is 6.57. The summed E-state index contributed by atoms with van der Waals surface area (Å²) in [6, 6.07) is 22.0. The number of carbonyl (C=O) groups excluding carboxylic acids is 1. The molecule has 6 heteroatoms. The van der Waals surface area contributed by atoms with Crippen molar-refractivity contribution < 1.29 is 9.18 Å². The highest BCUT2D eigenvalue weighted by molar-refractivity contribution is 8.14. The number of para-hydroxylation sites is 2. The fraction of sp³-hybridized carbons (Fsp3) is 0.160. The molecule has 1 N–H and O–H groups in total. The Morgan fingerprint density at radius 3 is 2.35 bits per heavy atom. The van der Waals surface area contributed by atoms with E-state index in [0.29, 0.717) is 13.0 Å². The number of aliphatic imine (C=N–C) groups is 2. The molecule has 0 unspecified atom stereocenters. The molecule has 1 aliphatic rings. The van der Waals surface area contributed by atoms with Crippen LogP contribution in [0.15, 0.2) is 82.8 Å². The van der Waals surface area contributed by atoms with Gasteiger partial charge in [-0.05, 0) is 42.3 Å². The Hall–Kier alpha value is -3.25. The maximum atomic E-state index is 13.4. The highest BCUT2D eigenvalue weighted by Crippen LogP contribution is 2.33. The van der Waals surface area contributed by atoms with Crippen molar-refractivity contribution in [1.29, 1.82) is 0 Å².